The van der Waals surface area contributed by atoms with Gasteiger partial charge >= 0.3 is 6.18 Å². The summed E-state index contributed by atoms with van der Waals surface area (Å²) < 4.78 is 41.6. The van der Waals surface area contributed by atoms with Crippen molar-refractivity contribution in [3.8, 4) is 17.1 Å². The minimum Gasteiger partial charge on any atom is -0.467 e. The van der Waals surface area contributed by atoms with Crippen LogP contribution in [0.5, 0.6) is 5.88 Å². The van der Waals surface area contributed by atoms with Gasteiger partial charge in [-0.3, -0.25) is 24.7 Å². The van der Waals surface area contributed by atoms with Crippen molar-refractivity contribution in [2.24, 2.45) is 0 Å². The van der Waals surface area contributed by atoms with E-state index in [-0.39, 0.29) is 42.8 Å². The topological polar surface area (TPSA) is 101 Å². The highest BCUT2D eigenvalue weighted by Gasteiger charge is 2.39. The van der Waals surface area contributed by atoms with Crippen molar-refractivity contribution in [3.63, 3.8) is 0 Å². The highest BCUT2D eigenvalue weighted by atomic mass is 19.4. The van der Waals surface area contributed by atoms with E-state index in [1.165, 1.54) is 11.1 Å². The number of hydrogen-bond acceptors (Lipinski definition) is 6. The van der Waals surface area contributed by atoms with Crippen LogP contribution in [-0.4, -0.2) is 51.4 Å². The van der Waals surface area contributed by atoms with Crippen LogP contribution in [0, 0.1) is 0 Å². The van der Waals surface area contributed by atoms with Gasteiger partial charge in [-0.05, 0) is 24.1 Å². The first-order valence-electron chi connectivity index (χ1n) is 9.01. The zero-order chi connectivity index (χ0) is 21.5. The fourth-order valence-electron chi connectivity index (χ4n) is 3.45. The van der Waals surface area contributed by atoms with Gasteiger partial charge < -0.3 is 9.64 Å². The highest BCUT2D eigenvalue weighted by Crippen LogP contribution is 2.31. The number of hydrogen-bond donors (Lipinski definition) is 1. The normalized spacial score (nSPS) is 19.0. The predicted molar refractivity (Wildman–Crippen MR) is 95.1 cm³/mol. The van der Waals surface area contributed by atoms with E-state index >= 15 is 0 Å². The molecule has 156 valence electrons. The molecule has 1 saturated heterocycles. The number of rotatable bonds is 4. The van der Waals surface area contributed by atoms with Crippen molar-refractivity contribution >= 4 is 17.7 Å². The van der Waals surface area contributed by atoms with E-state index in [9.17, 15) is 27.6 Å². The zero-order valence-electron chi connectivity index (χ0n) is 15.4. The summed E-state index contributed by atoms with van der Waals surface area (Å²) in [6.45, 7) is -1.31. The number of ether oxygens (including phenoxy) is 1. The van der Waals surface area contributed by atoms with Gasteiger partial charge in [0.25, 0.3) is 5.91 Å². The second-order valence-corrected chi connectivity index (χ2v) is 6.92. The number of piperidine rings is 1. The maximum atomic E-state index is 12.7. The van der Waals surface area contributed by atoms with Crippen molar-refractivity contribution in [2.45, 2.75) is 31.6 Å². The molecule has 1 fully saturated rings. The summed E-state index contributed by atoms with van der Waals surface area (Å²) in [5.41, 5.74) is 1.88. The van der Waals surface area contributed by atoms with E-state index in [0.717, 1.165) is 6.20 Å². The fraction of sp³-hybridized carbons (Fsp3) is 0.316. The molecule has 11 heteroatoms. The van der Waals surface area contributed by atoms with Gasteiger partial charge in [0, 0.05) is 24.1 Å². The number of aromatic nitrogens is 2. The Balaban J connectivity index is 1.55. The van der Waals surface area contributed by atoms with Gasteiger partial charge in [0.15, 0.2) is 6.61 Å². The van der Waals surface area contributed by atoms with Crippen LogP contribution in [0.2, 0.25) is 0 Å². The van der Waals surface area contributed by atoms with Gasteiger partial charge in [0.05, 0.1) is 18.1 Å². The Labute approximate surface area is 168 Å². The summed E-state index contributed by atoms with van der Waals surface area (Å²) in [4.78, 5) is 45.5. The van der Waals surface area contributed by atoms with Gasteiger partial charge in [0.1, 0.15) is 6.04 Å². The van der Waals surface area contributed by atoms with Crippen LogP contribution in [0.1, 0.15) is 28.8 Å². The van der Waals surface area contributed by atoms with E-state index in [1.807, 2.05) is 0 Å². The smallest absolute Gasteiger partial charge is 0.422 e. The fourth-order valence-corrected chi connectivity index (χ4v) is 3.45. The van der Waals surface area contributed by atoms with E-state index in [2.05, 4.69) is 20.0 Å². The molecule has 4 rings (SSSR count). The Morgan fingerprint density at radius 2 is 2.00 bits per heavy atom. The maximum absolute atomic E-state index is 12.7. The molecule has 2 aliphatic rings. The third kappa shape index (κ3) is 3.95. The predicted octanol–water partition coefficient (Wildman–Crippen LogP) is 1.85. The molecule has 3 amide bonds. The zero-order valence-corrected chi connectivity index (χ0v) is 15.4. The lowest BCUT2D eigenvalue weighted by Crippen LogP contribution is -2.52. The summed E-state index contributed by atoms with van der Waals surface area (Å²) in [6.07, 6.45) is -1.64. The number of benzene rings is 1. The van der Waals surface area contributed by atoms with Gasteiger partial charge in [-0.15, -0.1) is 0 Å². The molecule has 1 aromatic heterocycles. The van der Waals surface area contributed by atoms with E-state index in [1.54, 1.807) is 18.2 Å². The molecular weight excluding hydrogens is 405 g/mol. The molecule has 0 bridgehead atoms. The number of imide groups is 1. The number of nitrogens with one attached hydrogen (secondary N) is 1. The summed E-state index contributed by atoms with van der Waals surface area (Å²) in [5, 5.41) is 2.24. The minimum absolute atomic E-state index is 0.155. The number of halogens is 3. The van der Waals surface area contributed by atoms with Gasteiger partial charge in [-0.25, -0.2) is 4.98 Å². The quantitative estimate of drug-likeness (QED) is 0.758. The highest BCUT2D eigenvalue weighted by molar-refractivity contribution is 6.05. The molecule has 1 unspecified atom stereocenters. The summed E-state index contributed by atoms with van der Waals surface area (Å²) in [6, 6.07) is 4.12. The molecule has 0 radical (unpaired) electrons. The first-order valence-corrected chi connectivity index (χ1v) is 9.01. The molecule has 2 aromatic rings. The number of fused-ring (bicyclic) bond motifs is 1. The Morgan fingerprint density at radius 1 is 1.20 bits per heavy atom. The number of amides is 3. The molecule has 3 heterocycles. The molecule has 2 aliphatic heterocycles. The van der Waals surface area contributed by atoms with Crippen LogP contribution in [0.4, 0.5) is 13.2 Å². The van der Waals surface area contributed by atoms with Crippen molar-refractivity contribution in [3.05, 3.63) is 41.7 Å². The Hall–Kier alpha value is -3.50. The Morgan fingerprint density at radius 3 is 2.73 bits per heavy atom. The molecule has 1 aromatic carbocycles. The van der Waals surface area contributed by atoms with E-state index in [0.29, 0.717) is 16.7 Å². The molecule has 0 spiro atoms. The van der Waals surface area contributed by atoms with Crippen molar-refractivity contribution in [2.75, 3.05) is 6.61 Å². The number of nitrogens with zero attached hydrogens (tertiary/aromatic N) is 3. The first-order chi connectivity index (χ1) is 14.2. The number of carbonyl (C=O) groups excluding carboxylic acids is 3. The van der Waals surface area contributed by atoms with Crippen LogP contribution in [0.15, 0.2) is 30.6 Å². The largest absolute Gasteiger partial charge is 0.467 e. The first kappa shape index (κ1) is 19.8. The van der Waals surface area contributed by atoms with Gasteiger partial charge in [-0.2, -0.15) is 13.2 Å². The van der Waals surface area contributed by atoms with Gasteiger partial charge in [0.2, 0.25) is 17.7 Å². The molecule has 0 aliphatic carbocycles. The number of carbonyl (C=O) groups is 3. The molecular formula is C19H15F3N4O4. The van der Waals surface area contributed by atoms with Crippen molar-refractivity contribution in [1.82, 2.24) is 20.2 Å². The summed E-state index contributed by atoms with van der Waals surface area (Å²) in [5.74, 6) is -1.46. The summed E-state index contributed by atoms with van der Waals surface area (Å²) in [7, 11) is 0. The lowest BCUT2D eigenvalue weighted by atomic mass is 10.0. The molecule has 30 heavy (non-hydrogen) atoms. The van der Waals surface area contributed by atoms with Gasteiger partial charge in [-0.1, -0.05) is 6.07 Å². The second kappa shape index (κ2) is 7.39. The standard InChI is InChI=1S/C19H15F3N4O4/c20-19(21,22)9-30-16-7-23-6-13(24-16)10-1-2-12-11(5-10)8-26(18(12)29)14-3-4-15(27)25-17(14)28/h1-2,5-7,14H,3-4,8-9H2,(H,25,27,28). The van der Waals surface area contributed by atoms with Crippen LogP contribution in [0.25, 0.3) is 11.3 Å². The van der Waals surface area contributed by atoms with Crippen molar-refractivity contribution in [1.29, 1.82) is 0 Å². The van der Waals surface area contributed by atoms with Crippen molar-refractivity contribution < 1.29 is 32.3 Å². The third-order valence-electron chi connectivity index (χ3n) is 4.82. The summed E-state index contributed by atoms with van der Waals surface area (Å²) >= 11 is 0. The minimum atomic E-state index is -4.49. The number of alkyl halides is 3. The van der Waals surface area contributed by atoms with Crippen LogP contribution in [-0.2, 0) is 16.1 Å². The lowest BCUT2D eigenvalue weighted by Gasteiger charge is -2.29. The second-order valence-electron chi connectivity index (χ2n) is 6.92. The van der Waals surface area contributed by atoms with Crippen LogP contribution in [0.3, 0.4) is 0 Å². The maximum Gasteiger partial charge on any atom is 0.422 e. The van der Waals surface area contributed by atoms with Crippen LogP contribution < -0.4 is 10.1 Å². The van der Waals surface area contributed by atoms with E-state index < -0.39 is 24.7 Å². The van der Waals surface area contributed by atoms with Crippen LogP contribution >= 0.6 is 0 Å². The lowest BCUT2D eigenvalue weighted by molar-refractivity contribution is -0.154. The SMILES string of the molecule is O=C1CCC(N2Cc3cc(-c4cncc(OCC(F)(F)F)n4)ccc3C2=O)C(=O)N1. The Bertz CT molecular complexity index is 1040. The molecule has 8 nitrogen and oxygen atoms in total. The molecule has 0 saturated carbocycles. The average Bonchev–Trinajstić information content (AvgIpc) is 3.02. The molecule has 1 atom stereocenters. The molecule has 1 N–H and O–H groups in total. The Kier molecular flexibility index (Phi) is 4.88. The average molecular weight is 420 g/mol. The monoisotopic (exact) mass is 420 g/mol. The third-order valence-corrected chi connectivity index (χ3v) is 4.82. The van der Waals surface area contributed by atoms with E-state index in [4.69, 9.17) is 0 Å².